The number of hydrogen-bond acceptors (Lipinski definition) is 5. The van der Waals surface area contributed by atoms with Gasteiger partial charge in [0.1, 0.15) is 5.75 Å². The van der Waals surface area contributed by atoms with Crippen LogP contribution < -0.4 is 15.4 Å². The number of benzene rings is 2. The molecular formula is C21H23N3O3S. The number of nitrogens with zero attached hydrogens (tertiary/aromatic N) is 1. The van der Waals surface area contributed by atoms with Crippen molar-refractivity contribution in [1.82, 2.24) is 10.3 Å². The average molecular weight is 398 g/mol. The highest BCUT2D eigenvalue weighted by molar-refractivity contribution is 7.22. The van der Waals surface area contributed by atoms with Gasteiger partial charge in [0, 0.05) is 18.5 Å². The van der Waals surface area contributed by atoms with Crippen LogP contribution in [0.1, 0.15) is 30.9 Å². The minimum absolute atomic E-state index is 0.0301. The van der Waals surface area contributed by atoms with Crippen molar-refractivity contribution < 1.29 is 14.3 Å². The molecule has 6 nitrogen and oxygen atoms in total. The monoisotopic (exact) mass is 397 g/mol. The van der Waals surface area contributed by atoms with Gasteiger partial charge in [-0.05, 0) is 30.2 Å². The molecule has 0 bridgehead atoms. The van der Waals surface area contributed by atoms with Crippen LogP contribution in [0.3, 0.4) is 0 Å². The Morgan fingerprint density at radius 3 is 2.75 bits per heavy atom. The minimum atomic E-state index is -0.0637. The van der Waals surface area contributed by atoms with Crippen LogP contribution in [0.15, 0.2) is 42.5 Å². The highest BCUT2D eigenvalue weighted by Gasteiger charge is 2.10. The fourth-order valence-corrected chi connectivity index (χ4v) is 3.78. The molecule has 1 heterocycles. The van der Waals surface area contributed by atoms with Crippen molar-refractivity contribution in [2.75, 3.05) is 12.4 Å². The average Bonchev–Trinajstić information content (AvgIpc) is 3.08. The van der Waals surface area contributed by atoms with Crippen LogP contribution in [0.4, 0.5) is 5.13 Å². The van der Waals surface area contributed by atoms with Crippen LogP contribution in [-0.2, 0) is 22.6 Å². The Morgan fingerprint density at radius 1 is 1.14 bits per heavy atom. The van der Waals surface area contributed by atoms with Crippen molar-refractivity contribution in [3.63, 3.8) is 0 Å². The first-order valence-corrected chi connectivity index (χ1v) is 9.98. The van der Waals surface area contributed by atoms with E-state index in [4.69, 9.17) is 4.74 Å². The van der Waals surface area contributed by atoms with Crippen molar-refractivity contribution in [1.29, 1.82) is 0 Å². The third-order valence-corrected chi connectivity index (χ3v) is 5.14. The molecule has 0 aliphatic heterocycles. The lowest BCUT2D eigenvalue weighted by Crippen LogP contribution is -2.24. The van der Waals surface area contributed by atoms with E-state index in [2.05, 4.69) is 15.6 Å². The molecule has 0 aliphatic rings. The van der Waals surface area contributed by atoms with Gasteiger partial charge in [-0.25, -0.2) is 4.98 Å². The summed E-state index contributed by atoms with van der Waals surface area (Å²) >= 11 is 1.42. The van der Waals surface area contributed by atoms with Gasteiger partial charge >= 0.3 is 0 Å². The van der Waals surface area contributed by atoms with Gasteiger partial charge in [0.2, 0.25) is 11.8 Å². The van der Waals surface area contributed by atoms with Crippen LogP contribution in [0.5, 0.6) is 5.75 Å². The summed E-state index contributed by atoms with van der Waals surface area (Å²) in [4.78, 5) is 28.5. The van der Waals surface area contributed by atoms with Crippen molar-refractivity contribution in [3.8, 4) is 5.75 Å². The SMILES string of the molecule is CCCC(=O)Nc1nc2ccc(CC(=O)NCc3ccccc3OC)cc2s1. The Labute approximate surface area is 167 Å². The Kier molecular flexibility index (Phi) is 6.60. The molecule has 146 valence electrons. The number of amides is 2. The normalized spacial score (nSPS) is 10.6. The largest absolute Gasteiger partial charge is 0.496 e. The van der Waals surface area contributed by atoms with Crippen molar-refractivity contribution >= 4 is 38.5 Å². The molecule has 28 heavy (non-hydrogen) atoms. The predicted molar refractivity (Wildman–Crippen MR) is 112 cm³/mol. The van der Waals surface area contributed by atoms with Crippen LogP contribution in [-0.4, -0.2) is 23.9 Å². The second-order valence-electron chi connectivity index (χ2n) is 6.38. The van der Waals surface area contributed by atoms with Gasteiger partial charge in [-0.2, -0.15) is 0 Å². The number of hydrogen-bond donors (Lipinski definition) is 2. The maximum Gasteiger partial charge on any atom is 0.226 e. The molecule has 0 spiro atoms. The van der Waals surface area contributed by atoms with E-state index in [0.717, 1.165) is 33.5 Å². The number of carbonyl (C=O) groups is 2. The second-order valence-corrected chi connectivity index (χ2v) is 7.42. The Hall–Kier alpha value is -2.93. The third kappa shape index (κ3) is 5.07. The molecule has 2 aromatic carbocycles. The van der Waals surface area contributed by atoms with Crippen molar-refractivity contribution in [3.05, 3.63) is 53.6 Å². The predicted octanol–water partition coefficient (Wildman–Crippen LogP) is 3.90. The molecule has 0 saturated heterocycles. The number of nitrogens with one attached hydrogen (secondary N) is 2. The summed E-state index contributed by atoms with van der Waals surface area (Å²) in [6.45, 7) is 2.38. The smallest absolute Gasteiger partial charge is 0.226 e. The number of para-hydroxylation sites is 1. The molecule has 1 aromatic heterocycles. The lowest BCUT2D eigenvalue weighted by molar-refractivity contribution is -0.120. The highest BCUT2D eigenvalue weighted by Crippen LogP contribution is 2.27. The number of thiazole rings is 1. The van der Waals surface area contributed by atoms with Crippen LogP contribution in [0.25, 0.3) is 10.2 Å². The summed E-state index contributed by atoms with van der Waals surface area (Å²) in [6.07, 6.45) is 1.55. The second kappa shape index (κ2) is 9.32. The summed E-state index contributed by atoms with van der Waals surface area (Å²) in [7, 11) is 1.61. The van der Waals surface area contributed by atoms with E-state index >= 15 is 0 Å². The fourth-order valence-electron chi connectivity index (χ4n) is 2.83. The van der Waals surface area contributed by atoms with Gasteiger partial charge in [0.05, 0.1) is 23.7 Å². The van der Waals surface area contributed by atoms with Crippen LogP contribution in [0.2, 0.25) is 0 Å². The lowest BCUT2D eigenvalue weighted by Gasteiger charge is -2.09. The van der Waals surface area contributed by atoms with Gasteiger partial charge in [0.25, 0.3) is 0 Å². The molecule has 7 heteroatoms. The standard InChI is InChI=1S/C21H23N3O3S/c1-3-6-19(25)24-21-23-16-10-9-14(11-18(16)28-21)12-20(26)22-13-15-7-4-5-8-17(15)27-2/h4-5,7-11H,3,6,12-13H2,1-2H3,(H,22,26)(H,23,24,25). The molecule has 0 radical (unpaired) electrons. The number of fused-ring (bicyclic) bond motifs is 1. The molecule has 0 unspecified atom stereocenters. The van der Waals surface area contributed by atoms with Crippen molar-refractivity contribution in [2.45, 2.75) is 32.7 Å². The van der Waals surface area contributed by atoms with E-state index in [1.165, 1.54) is 11.3 Å². The van der Waals surface area contributed by atoms with Crippen LogP contribution in [0, 0.1) is 0 Å². The maximum atomic E-state index is 12.3. The number of anilines is 1. The zero-order valence-electron chi connectivity index (χ0n) is 16.0. The minimum Gasteiger partial charge on any atom is -0.496 e. The zero-order chi connectivity index (χ0) is 19.9. The molecule has 3 aromatic rings. The molecule has 0 fully saturated rings. The number of methoxy groups -OCH3 is 1. The summed E-state index contributed by atoms with van der Waals surface area (Å²) < 4.78 is 6.25. The van der Waals surface area contributed by atoms with E-state index in [0.29, 0.717) is 18.1 Å². The molecule has 0 atom stereocenters. The molecule has 2 N–H and O–H groups in total. The Balaban J connectivity index is 1.62. The van der Waals surface area contributed by atoms with Gasteiger partial charge < -0.3 is 15.4 Å². The topological polar surface area (TPSA) is 80.3 Å². The summed E-state index contributed by atoms with van der Waals surface area (Å²) in [6, 6.07) is 13.3. The summed E-state index contributed by atoms with van der Waals surface area (Å²) in [5.41, 5.74) is 2.65. The highest BCUT2D eigenvalue weighted by atomic mass is 32.1. The van der Waals surface area contributed by atoms with E-state index in [9.17, 15) is 9.59 Å². The maximum absolute atomic E-state index is 12.3. The van der Waals surface area contributed by atoms with Gasteiger partial charge in [0.15, 0.2) is 5.13 Å². The fraction of sp³-hybridized carbons (Fsp3) is 0.286. The van der Waals surface area contributed by atoms with Crippen molar-refractivity contribution in [2.24, 2.45) is 0 Å². The van der Waals surface area contributed by atoms with Gasteiger partial charge in [-0.1, -0.05) is 42.5 Å². The summed E-state index contributed by atoms with van der Waals surface area (Å²) in [5, 5.41) is 6.34. The molecule has 0 aliphatic carbocycles. The Bertz CT molecular complexity index is 984. The first-order chi connectivity index (χ1) is 13.6. The Morgan fingerprint density at radius 2 is 1.96 bits per heavy atom. The van der Waals surface area contributed by atoms with E-state index < -0.39 is 0 Å². The molecule has 3 rings (SSSR count). The van der Waals surface area contributed by atoms with E-state index in [1.54, 1.807) is 7.11 Å². The first-order valence-electron chi connectivity index (χ1n) is 9.17. The lowest BCUT2D eigenvalue weighted by atomic mass is 10.1. The molecule has 2 amide bonds. The van der Waals surface area contributed by atoms with E-state index in [-0.39, 0.29) is 18.2 Å². The zero-order valence-corrected chi connectivity index (χ0v) is 16.8. The quantitative estimate of drug-likeness (QED) is 0.604. The third-order valence-electron chi connectivity index (χ3n) is 4.21. The summed E-state index contributed by atoms with van der Waals surface area (Å²) in [5.74, 6) is 0.662. The number of ether oxygens (including phenoxy) is 1. The van der Waals surface area contributed by atoms with Crippen LogP contribution >= 0.6 is 11.3 Å². The van der Waals surface area contributed by atoms with E-state index in [1.807, 2.05) is 49.4 Å². The first kappa shape index (κ1) is 19.8. The number of rotatable bonds is 8. The molecular weight excluding hydrogens is 374 g/mol. The number of carbonyl (C=O) groups excluding carboxylic acids is 2. The molecule has 0 saturated carbocycles. The number of aromatic nitrogens is 1. The van der Waals surface area contributed by atoms with Gasteiger partial charge in [-0.3, -0.25) is 9.59 Å². The van der Waals surface area contributed by atoms with Gasteiger partial charge in [-0.15, -0.1) is 0 Å².